The van der Waals surface area contributed by atoms with Crippen LogP contribution in [0.1, 0.15) is 82.1 Å². The Morgan fingerprint density at radius 2 is 0.933 bits per heavy atom. The Morgan fingerprint density at radius 3 is 1.24 bits per heavy atom. The molecule has 0 amide bonds. The Kier molecular flexibility index (Phi) is 21.9. The van der Waals surface area contributed by atoms with Gasteiger partial charge in [0, 0.05) is 37.9 Å². The van der Waals surface area contributed by atoms with Gasteiger partial charge in [-0.1, -0.05) is 86.2 Å². The molecule has 4 aromatic rings. The van der Waals surface area contributed by atoms with E-state index in [-0.39, 0.29) is 32.1 Å². The van der Waals surface area contributed by atoms with E-state index in [4.69, 9.17) is 10.6 Å². The van der Waals surface area contributed by atoms with E-state index in [9.17, 15) is 0 Å². The van der Waals surface area contributed by atoms with Crippen LogP contribution in [0, 0.1) is 20.8 Å². The zero-order chi connectivity index (χ0) is 32.0. The van der Waals surface area contributed by atoms with Crippen LogP contribution in [0.25, 0.3) is 10.6 Å². The van der Waals surface area contributed by atoms with Gasteiger partial charge in [0.1, 0.15) is 0 Å². The van der Waals surface area contributed by atoms with Crippen molar-refractivity contribution < 1.29 is 25.8 Å². The first-order valence-corrected chi connectivity index (χ1v) is 16.0. The van der Waals surface area contributed by atoms with Crippen molar-refractivity contribution in [3.05, 3.63) is 175 Å². The molecule has 0 radical (unpaired) electrons. The summed E-state index contributed by atoms with van der Waals surface area (Å²) in [5, 5.41) is 10.1. The normalized spacial score (nSPS) is 13.2. The molecule has 0 heterocycles. The molecule has 1 unspecified atom stereocenters. The first-order valence-electron chi connectivity index (χ1n) is 16.0. The molecule has 0 aliphatic heterocycles. The third-order valence-electron chi connectivity index (χ3n) is 7.19. The van der Waals surface area contributed by atoms with Crippen molar-refractivity contribution in [1.29, 1.82) is 0 Å². The second-order valence-corrected chi connectivity index (χ2v) is 11.7. The molecule has 0 aromatic heterocycles. The Hall–Kier alpha value is -2.76. The van der Waals surface area contributed by atoms with E-state index in [1.807, 2.05) is 91.0 Å². The van der Waals surface area contributed by atoms with Crippen LogP contribution >= 0.6 is 0 Å². The van der Waals surface area contributed by atoms with Crippen LogP contribution in [0.2, 0.25) is 0 Å². The number of hydrogen-bond acceptors (Lipinski definition) is 1. The second-order valence-electron chi connectivity index (χ2n) is 11.7. The summed E-state index contributed by atoms with van der Waals surface area (Å²) >= 11 is 0. The van der Waals surface area contributed by atoms with Crippen LogP contribution in [-0.4, -0.2) is 29.3 Å². The minimum Gasteiger partial charge on any atom is -0.663 e. The Labute approximate surface area is 295 Å². The number of hydrogen-bond donors (Lipinski definition) is 0. The van der Waals surface area contributed by atoms with Gasteiger partial charge in [-0.25, -0.2) is 0 Å². The summed E-state index contributed by atoms with van der Waals surface area (Å²) in [6.45, 7) is 20.9. The van der Waals surface area contributed by atoms with E-state index in [1.54, 1.807) is 0 Å². The predicted octanol–water partition coefficient (Wildman–Crippen LogP) is 11.3. The molecule has 1 atom stereocenters. The summed E-state index contributed by atoms with van der Waals surface area (Å²) in [6.07, 6.45) is 6.48. The van der Waals surface area contributed by atoms with Crippen molar-refractivity contribution in [2.24, 2.45) is 0 Å². The van der Waals surface area contributed by atoms with Crippen molar-refractivity contribution in [3.8, 4) is 0 Å². The Bertz CT molecular complexity index is 1100. The number of benzene rings is 4. The van der Waals surface area contributed by atoms with Gasteiger partial charge in [0.25, 0.3) is 0 Å². The minimum atomic E-state index is -0.0155. The summed E-state index contributed by atoms with van der Waals surface area (Å²) in [6, 6.07) is 41.5. The molecule has 45 heavy (non-hydrogen) atoms. The predicted molar refractivity (Wildman–Crippen MR) is 192 cm³/mol. The summed E-state index contributed by atoms with van der Waals surface area (Å²) in [7, 11) is 0. The molecular formula is C41H54HfN3-5. The van der Waals surface area contributed by atoms with Crippen LogP contribution in [0.15, 0.2) is 121 Å². The SMILES string of the molecule is CC(C)N(C(C)C)C([N-]Cc1ccccc1)[N-]C1CCCCC1.[CH2-]c1ccccc1.[CH2-]c1ccccc1.[CH2-]c1ccccc1.[Hf]. The van der Waals surface area contributed by atoms with Gasteiger partial charge in [-0.2, -0.15) is 80.1 Å². The number of rotatable bonds is 8. The topological polar surface area (TPSA) is 31.4 Å². The molecule has 1 saturated carbocycles. The van der Waals surface area contributed by atoms with Crippen LogP contribution in [0.3, 0.4) is 0 Å². The largest absolute Gasteiger partial charge is 0.663 e. The van der Waals surface area contributed by atoms with E-state index >= 15 is 0 Å². The molecule has 0 spiro atoms. The van der Waals surface area contributed by atoms with Gasteiger partial charge in [-0.05, 0) is 27.7 Å². The van der Waals surface area contributed by atoms with E-state index in [0.717, 1.165) is 23.2 Å². The first-order chi connectivity index (χ1) is 21.3. The molecule has 3 nitrogen and oxygen atoms in total. The third-order valence-corrected chi connectivity index (χ3v) is 7.19. The fourth-order valence-corrected chi connectivity index (χ4v) is 4.97. The second kappa shape index (κ2) is 24.5. The zero-order valence-corrected chi connectivity index (χ0v) is 31.7. The monoisotopic (exact) mass is 768 g/mol. The van der Waals surface area contributed by atoms with Crippen molar-refractivity contribution >= 4 is 0 Å². The molecular weight excluding hydrogens is 713 g/mol. The average Bonchev–Trinajstić information content (AvgIpc) is 3.03. The zero-order valence-electron chi connectivity index (χ0n) is 28.1. The van der Waals surface area contributed by atoms with Gasteiger partial charge in [-0.15, -0.1) is 49.0 Å². The van der Waals surface area contributed by atoms with Gasteiger partial charge < -0.3 is 15.5 Å². The maximum Gasteiger partial charge on any atom is 0.000655 e. The van der Waals surface area contributed by atoms with Crippen molar-refractivity contribution in [2.45, 2.75) is 90.8 Å². The van der Waals surface area contributed by atoms with Crippen LogP contribution in [0.4, 0.5) is 0 Å². The molecule has 4 aromatic carbocycles. The molecule has 1 aliphatic rings. The molecule has 0 bridgehead atoms. The smallest absolute Gasteiger partial charge is 0.000655 e. The van der Waals surface area contributed by atoms with Crippen LogP contribution in [0.5, 0.6) is 0 Å². The van der Waals surface area contributed by atoms with E-state index in [2.05, 4.69) is 83.7 Å². The minimum absolute atomic E-state index is 0. The van der Waals surface area contributed by atoms with Gasteiger partial charge in [0.2, 0.25) is 0 Å². The Balaban J connectivity index is 0.000000370. The van der Waals surface area contributed by atoms with E-state index in [1.165, 1.54) is 37.7 Å². The molecule has 1 aliphatic carbocycles. The van der Waals surface area contributed by atoms with Crippen LogP contribution < -0.4 is 0 Å². The van der Waals surface area contributed by atoms with E-state index < -0.39 is 0 Å². The fourth-order valence-electron chi connectivity index (χ4n) is 4.97. The van der Waals surface area contributed by atoms with Crippen LogP contribution in [-0.2, 0) is 32.4 Å². The van der Waals surface area contributed by atoms with Crippen molar-refractivity contribution in [2.75, 3.05) is 0 Å². The maximum absolute atomic E-state index is 5.15. The summed E-state index contributed by atoms with van der Waals surface area (Å²) in [5.74, 6) is 0. The summed E-state index contributed by atoms with van der Waals surface area (Å²) in [5.41, 5.74) is 4.48. The molecule has 5 rings (SSSR count). The van der Waals surface area contributed by atoms with Crippen molar-refractivity contribution in [3.63, 3.8) is 0 Å². The summed E-state index contributed by atoms with van der Waals surface area (Å²) in [4.78, 5) is 2.44. The molecule has 242 valence electrons. The molecule has 1 fully saturated rings. The van der Waals surface area contributed by atoms with Gasteiger partial charge in [0.15, 0.2) is 0 Å². The maximum atomic E-state index is 5.15. The van der Waals surface area contributed by atoms with Gasteiger partial charge in [0.05, 0.1) is 0 Å². The fraction of sp³-hybridized carbons (Fsp3) is 0.341. The average molecular weight is 767 g/mol. The van der Waals surface area contributed by atoms with Gasteiger partial charge >= 0.3 is 0 Å². The quantitative estimate of drug-likeness (QED) is 0.130. The van der Waals surface area contributed by atoms with Gasteiger partial charge in [-0.3, -0.25) is 0 Å². The number of nitrogens with zero attached hydrogens (tertiary/aromatic N) is 3. The standard InChI is InChI=1S/C20H33N3.3C7H7.Hf/c1-16(2)23(17(3)4)20(22-19-13-9-6-10-14-19)21-15-18-11-7-5-8-12-18;3*1-7-5-3-2-4-6-7;/h5,7-8,11-12,16-17,19-20H,6,9-10,13-15H2,1-4H3;3*2-6H,1H2;/q-2;3*-1;. The van der Waals surface area contributed by atoms with Crippen molar-refractivity contribution in [1.82, 2.24) is 4.90 Å². The van der Waals surface area contributed by atoms with E-state index in [0.29, 0.717) is 18.1 Å². The molecule has 0 saturated heterocycles. The molecule has 0 N–H and O–H groups in total. The summed E-state index contributed by atoms with van der Waals surface area (Å²) < 4.78 is 0. The first kappa shape index (κ1) is 40.3. The third kappa shape index (κ3) is 18.7. The molecule has 4 heteroatoms. The Morgan fingerprint density at radius 1 is 0.578 bits per heavy atom.